The van der Waals surface area contributed by atoms with Crippen molar-refractivity contribution in [2.45, 2.75) is 25.3 Å². The van der Waals surface area contributed by atoms with Gasteiger partial charge in [-0.3, -0.25) is 14.8 Å². The van der Waals surface area contributed by atoms with Gasteiger partial charge in [0.05, 0.1) is 5.69 Å². The molecule has 7 nitrogen and oxygen atoms in total. The predicted octanol–water partition coefficient (Wildman–Crippen LogP) is 3.22. The average molecular weight is 467 g/mol. The molecule has 2 heterocycles. The summed E-state index contributed by atoms with van der Waals surface area (Å²) in [5.74, 6) is 2.26. The van der Waals surface area contributed by atoms with Crippen molar-refractivity contribution < 1.29 is 0 Å². The first-order valence-corrected chi connectivity index (χ1v) is 12.3. The second kappa shape index (κ2) is 12.5. The molecule has 0 aliphatic rings. The number of aromatic amines is 1. The number of hydrogen-bond donors (Lipinski definition) is 2. The van der Waals surface area contributed by atoms with Gasteiger partial charge in [-0.25, -0.2) is 4.98 Å². The summed E-state index contributed by atoms with van der Waals surface area (Å²) in [4.78, 5) is 28.5. The molecule has 33 heavy (non-hydrogen) atoms. The van der Waals surface area contributed by atoms with Gasteiger partial charge in [0.2, 0.25) is 5.95 Å². The largest absolute Gasteiger partial charge is 0.355 e. The lowest BCUT2D eigenvalue weighted by atomic mass is 10.1. The van der Waals surface area contributed by atoms with Crippen LogP contribution in [0.1, 0.15) is 27.9 Å². The summed E-state index contributed by atoms with van der Waals surface area (Å²) in [6.07, 6.45) is 4.12. The van der Waals surface area contributed by atoms with Crippen molar-refractivity contribution in [1.29, 1.82) is 0 Å². The standard InChI is InChI=1S/C25H34N6OS/c1-30(2)16-20-7-5-19(6-8-20)13-22-15-28-25(29-24(22)32)27-11-12-33-18-23-14-21(9-10-26-23)17-31(3)4/h5-10,14-15H,11-13,16-18H2,1-4H3,(H2,27,28,29,32). The Morgan fingerprint density at radius 2 is 1.64 bits per heavy atom. The fraction of sp³-hybridized carbons (Fsp3) is 0.400. The second-order valence-corrected chi connectivity index (χ2v) is 9.79. The molecule has 0 amide bonds. The predicted molar refractivity (Wildman–Crippen MR) is 138 cm³/mol. The van der Waals surface area contributed by atoms with Gasteiger partial charge in [-0.2, -0.15) is 11.8 Å². The smallest absolute Gasteiger partial charge is 0.255 e. The molecule has 0 radical (unpaired) electrons. The van der Waals surface area contributed by atoms with Crippen LogP contribution < -0.4 is 10.9 Å². The van der Waals surface area contributed by atoms with E-state index in [-0.39, 0.29) is 5.56 Å². The van der Waals surface area contributed by atoms with Crippen LogP contribution in [-0.4, -0.2) is 65.2 Å². The monoisotopic (exact) mass is 466 g/mol. The Kier molecular flexibility index (Phi) is 9.47. The fourth-order valence-electron chi connectivity index (χ4n) is 3.47. The van der Waals surface area contributed by atoms with Gasteiger partial charge in [0.15, 0.2) is 0 Å². The molecule has 1 aromatic carbocycles. The van der Waals surface area contributed by atoms with E-state index in [9.17, 15) is 4.79 Å². The van der Waals surface area contributed by atoms with Crippen molar-refractivity contribution in [3.05, 3.63) is 87.1 Å². The minimum Gasteiger partial charge on any atom is -0.355 e. The Hall–Kier alpha value is -2.68. The molecule has 8 heteroatoms. The Morgan fingerprint density at radius 3 is 2.33 bits per heavy atom. The van der Waals surface area contributed by atoms with Gasteiger partial charge in [-0.15, -0.1) is 0 Å². The Morgan fingerprint density at radius 1 is 0.939 bits per heavy atom. The normalized spacial score (nSPS) is 11.3. The number of thioether (sulfide) groups is 1. The van der Waals surface area contributed by atoms with E-state index >= 15 is 0 Å². The fourth-order valence-corrected chi connectivity index (χ4v) is 4.23. The van der Waals surface area contributed by atoms with Gasteiger partial charge in [-0.05, 0) is 57.0 Å². The van der Waals surface area contributed by atoms with Crippen LogP contribution in [0.15, 0.2) is 53.6 Å². The highest BCUT2D eigenvalue weighted by molar-refractivity contribution is 7.98. The van der Waals surface area contributed by atoms with Crippen LogP contribution in [0.5, 0.6) is 0 Å². The van der Waals surface area contributed by atoms with Crippen LogP contribution >= 0.6 is 11.8 Å². The van der Waals surface area contributed by atoms with E-state index in [1.807, 2.05) is 6.20 Å². The number of anilines is 1. The summed E-state index contributed by atoms with van der Waals surface area (Å²) in [7, 11) is 8.23. The number of pyridine rings is 1. The first-order valence-electron chi connectivity index (χ1n) is 11.1. The highest BCUT2D eigenvalue weighted by Gasteiger charge is 2.05. The number of rotatable bonds is 12. The van der Waals surface area contributed by atoms with Gasteiger partial charge in [0, 0.05) is 55.5 Å². The highest BCUT2D eigenvalue weighted by Crippen LogP contribution is 2.13. The van der Waals surface area contributed by atoms with Crippen LogP contribution in [0.3, 0.4) is 0 Å². The molecule has 2 aromatic heterocycles. The molecule has 0 saturated heterocycles. The number of benzene rings is 1. The van der Waals surface area contributed by atoms with Gasteiger partial charge < -0.3 is 15.1 Å². The Balaban J connectivity index is 1.43. The molecule has 2 N–H and O–H groups in total. The summed E-state index contributed by atoms with van der Waals surface area (Å²) in [5, 5.41) is 3.21. The SMILES string of the molecule is CN(C)Cc1ccc(Cc2cnc(NCCSCc3cc(CN(C)C)ccn3)[nH]c2=O)cc1. The summed E-state index contributed by atoms with van der Waals surface area (Å²) in [5.41, 5.74) is 5.29. The van der Waals surface area contributed by atoms with E-state index < -0.39 is 0 Å². The molecule has 0 aliphatic heterocycles. The molecule has 3 rings (SSSR count). The lowest BCUT2D eigenvalue weighted by molar-refractivity contribution is 0.402. The molecule has 0 fully saturated rings. The minimum atomic E-state index is -0.0978. The zero-order valence-electron chi connectivity index (χ0n) is 20.0. The summed E-state index contributed by atoms with van der Waals surface area (Å²) in [6, 6.07) is 12.6. The quantitative estimate of drug-likeness (QED) is 0.397. The van der Waals surface area contributed by atoms with Gasteiger partial charge >= 0.3 is 0 Å². The summed E-state index contributed by atoms with van der Waals surface area (Å²) in [6.45, 7) is 2.54. The molecule has 3 aromatic rings. The summed E-state index contributed by atoms with van der Waals surface area (Å²) >= 11 is 1.81. The van der Waals surface area contributed by atoms with E-state index in [1.54, 1.807) is 18.0 Å². The van der Waals surface area contributed by atoms with E-state index in [4.69, 9.17) is 0 Å². The van der Waals surface area contributed by atoms with Crippen molar-refractivity contribution in [1.82, 2.24) is 24.8 Å². The molecule has 0 bridgehead atoms. The van der Waals surface area contributed by atoms with Gasteiger partial charge in [0.1, 0.15) is 0 Å². The average Bonchev–Trinajstić information content (AvgIpc) is 2.76. The molecule has 0 spiro atoms. The number of aromatic nitrogens is 3. The minimum absolute atomic E-state index is 0.0978. The molecular formula is C25H34N6OS. The third-order valence-corrected chi connectivity index (χ3v) is 5.95. The van der Waals surface area contributed by atoms with Crippen molar-refractivity contribution in [3.8, 4) is 0 Å². The molecule has 176 valence electrons. The topological polar surface area (TPSA) is 77.2 Å². The van der Waals surface area contributed by atoms with Crippen LogP contribution in [0, 0.1) is 0 Å². The lowest BCUT2D eigenvalue weighted by Gasteiger charge is -2.10. The van der Waals surface area contributed by atoms with Crippen molar-refractivity contribution >= 4 is 17.7 Å². The van der Waals surface area contributed by atoms with Crippen LogP contribution in [0.2, 0.25) is 0 Å². The summed E-state index contributed by atoms with van der Waals surface area (Å²) < 4.78 is 0. The maximum absolute atomic E-state index is 12.5. The van der Waals surface area contributed by atoms with Gasteiger partial charge in [-0.1, -0.05) is 24.3 Å². The van der Waals surface area contributed by atoms with Crippen LogP contribution in [0.25, 0.3) is 0 Å². The highest BCUT2D eigenvalue weighted by atomic mass is 32.2. The molecule has 0 atom stereocenters. The van der Waals surface area contributed by atoms with E-state index in [1.165, 1.54) is 11.1 Å². The maximum atomic E-state index is 12.5. The first-order chi connectivity index (χ1) is 15.9. The molecular weight excluding hydrogens is 432 g/mol. The number of hydrogen-bond acceptors (Lipinski definition) is 7. The van der Waals surface area contributed by atoms with Crippen LogP contribution in [0.4, 0.5) is 5.95 Å². The first kappa shape index (κ1) is 25.0. The molecule has 0 unspecified atom stereocenters. The maximum Gasteiger partial charge on any atom is 0.255 e. The third-order valence-electron chi connectivity index (χ3n) is 4.96. The number of H-pyrrole nitrogens is 1. The zero-order valence-corrected chi connectivity index (χ0v) is 20.8. The van der Waals surface area contributed by atoms with Gasteiger partial charge in [0.25, 0.3) is 5.56 Å². The van der Waals surface area contributed by atoms with Crippen molar-refractivity contribution in [3.63, 3.8) is 0 Å². The zero-order chi connectivity index (χ0) is 23.6. The van der Waals surface area contributed by atoms with E-state index in [0.717, 1.165) is 42.4 Å². The van der Waals surface area contributed by atoms with E-state index in [0.29, 0.717) is 17.9 Å². The molecule has 0 saturated carbocycles. The second-order valence-electron chi connectivity index (χ2n) is 8.69. The van der Waals surface area contributed by atoms with E-state index in [2.05, 4.69) is 94.7 Å². The Labute approximate surface area is 200 Å². The van der Waals surface area contributed by atoms with Crippen LogP contribution in [-0.2, 0) is 25.3 Å². The lowest BCUT2D eigenvalue weighted by Crippen LogP contribution is -2.18. The third kappa shape index (κ3) is 8.64. The number of nitrogens with one attached hydrogen (secondary N) is 2. The van der Waals surface area contributed by atoms with Crippen molar-refractivity contribution in [2.75, 3.05) is 45.8 Å². The van der Waals surface area contributed by atoms with Crippen molar-refractivity contribution in [2.24, 2.45) is 0 Å². The number of nitrogens with zero attached hydrogens (tertiary/aromatic N) is 4. The molecule has 0 aliphatic carbocycles. The Bertz CT molecular complexity index is 1060.